The molecule has 0 N–H and O–H groups in total. The van der Waals surface area contributed by atoms with Crippen LogP contribution in [0.3, 0.4) is 0 Å². The molecule has 1 aromatic heterocycles. The number of thioether (sulfide) groups is 1. The van der Waals surface area contributed by atoms with Gasteiger partial charge >= 0.3 is 5.97 Å². The van der Waals surface area contributed by atoms with Crippen molar-refractivity contribution in [3.63, 3.8) is 0 Å². The first-order valence-electron chi connectivity index (χ1n) is 11.2. The molecule has 3 rings (SSSR count). The van der Waals surface area contributed by atoms with E-state index in [0.717, 1.165) is 34.7 Å². The average Bonchev–Trinajstić information content (AvgIpc) is 3.21. The van der Waals surface area contributed by atoms with Crippen molar-refractivity contribution in [2.45, 2.75) is 37.7 Å². The van der Waals surface area contributed by atoms with Crippen molar-refractivity contribution in [1.29, 1.82) is 0 Å². The van der Waals surface area contributed by atoms with Gasteiger partial charge in [0.05, 0.1) is 44.5 Å². The largest absolute Gasteiger partial charge is 0.493 e. The van der Waals surface area contributed by atoms with Crippen molar-refractivity contribution in [2.24, 2.45) is 0 Å². The van der Waals surface area contributed by atoms with E-state index in [1.807, 2.05) is 25.1 Å². The number of carbonyl (C=O) groups excluding carboxylic acids is 1. The summed E-state index contributed by atoms with van der Waals surface area (Å²) in [5.74, 6) is 2.09. The number of imidazole rings is 1. The Morgan fingerprint density at radius 1 is 1.00 bits per heavy atom. The highest BCUT2D eigenvalue weighted by Gasteiger charge is 2.17. The molecule has 0 spiro atoms. The molecular weight excluding hydrogens is 456 g/mol. The first-order valence-corrected chi connectivity index (χ1v) is 12.2. The number of nitrogens with zero attached hydrogens (tertiary/aromatic N) is 2. The van der Waals surface area contributed by atoms with E-state index in [2.05, 4.69) is 4.57 Å². The molecule has 34 heavy (non-hydrogen) atoms. The quantitative estimate of drug-likeness (QED) is 0.190. The SMILES string of the molecule is CCOCCCn1c(SCc2cc(OC)c(OC)c(OC)c2)nc2cc(C(=O)OCC)ccc21. The standard InChI is InChI=1S/C25H32N2O6S/c1-6-32-12-8-11-27-20-10-9-18(24(28)33-7-2)15-19(20)26-25(27)34-16-17-13-21(29-3)23(31-5)22(14-17)30-4/h9-10,13-15H,6-8,11-12,16H2,1-5H3. The van der Waals surface area contributed by atoms with E-state index >= 15 is 0 Å². The molecule has 0 bridgehead atoms. The second kappa shape index (κ2) is 12.5. The highest BCUT2D eigenvalue weighted by molar-refractivity contribution is 7.98. The van der Waals surface area contributed by atoms with Gasteiger partial charge in [-0.3, -0.25) is 0 Å². The van der Waals surface area contributed by atoms with E-state index in [1.54, 1.807) is 52.1 Å². The van der Waals surface area contributed by atoms with Crippen LogP contribution in [0.4, 0.5) is 0 Å². The van der Waals surface area contributed by atoms with Gasteiger partial charge in [-0.2, -0.15) is 0 Å². The number of methoxy groups -OCH3 is 3. The lowest BCUT2D eigenvalue weighted by Crippen LogP contribution is -2.05. The molecule has 184 valence electrons. The third-order valence-electron chi connectivity index (χ3n) is 5.19. The molecule has 1 heterocycles. The molecule has 0 unspecified atom stereocenters. The number of rotatable bonds is 13. The van der Waals surface area contributed by atoms with Crippen LogP contribution in [-0.4, -0.2) is 56.7 Å². The number of aromatic nitrogens is 2. The second-order valence-electron chi connectivity index (χ2n) is 7.34. The number of fused-ring (bicyclic) bond motifs is 1. The summed E-state index contributed by atoms with van der Waals surface area (Å²) >= 11 is 1.61. The van der Waals surface area contributed by atoms with Gasteiger partial charge in [0.25, 0.3) is 0 Å². The fraction of sp³-hybridized carbons (Fsp3) is 0.440. The van der Waals surface area contributed by atoms with Crippen LogP contribution in [0.15, 0.2) is 35.5 Å². The van der Waals surface area contributed by atoms with Crippen LogP contribution >= 0.6 is 11.8 Å². The van der Waals surface area contributed by atoms with Crippen molar-refractivity contribution < 1.29 is 28.5 Å². The molecule has 0 radical (unpaired) electrons. The van der Waals surface area contributed by atoms with Crippen LogP contribution < -0.4 is 14.2 Å². The van der Waals surface area contributed by atoms with Crippen molar-refractivity contribution in [3.05, 3.63) is 41.5 Å². The summed E-state index contributed by atoms with van der Waals surface area (Å²) in [5, 5.41) is 0.862. The van der Waals surface area contributed by atoms with Gasteiger partial charge < -0.3 is 28.3 Å². The predicted molar refractivity (Wildman–Crippen MR) is 132 cm³/mol. The lowest BCUT2D eigenvalue weighted by Gasteiger charge is -2.14. The zero-order chi connectivity index (χ0) is 24.5. The molecule has 3 aromatic rings. The summed E-state index contributed by atoms with van der Waals surface area (Å²) in [7, 11) is 4.80. The molecule has 0 amide bonds. The topological polar surface area (TPSA) is 81.0 Å². The van der Waals surface area contributed by atoms with Gasteiger partial charge in [-0.1, -0.05) is 11.8 Å². The Labute approximate surface area is 204 Å². The average molecular weight is 489 g/mol. The monoisotopic (exact) mass is 488 g/mol. The summed E-state index contributed by atoms with van der Waals surface area (Å²) < 4.78 is 29.2. The Hall–Kier alpha value is -2.91. The van der Waals surface area contributed by atoms with Gasteiger partial charge in [0.15, 0.2) is 16.7 Å². The highest BCUT2D eigenvalue weighted by atomic mass is 32.2. The normalized spacial score (nSPS) is 11.0. The van der Waals surface area contributed by atoms with Crippen molar-refractivity contribution >= 4 is 28.8 Å². The van der Waals surface area contributed by atoms with Crippen LogP contribution in [0.1, 0.15) is 36.2 Å². The summed E-state index contributed by atoms with van der Waals surface area (Å²) in [4.78, 5) is 17.0. The third-order valence-corrected chi connectivity index (χ3v) is 6.24. The van der Waals surface area contributed by atoms with Gasteiger partial charge in [-0.05, 0) is 56.2 Å². The predicted octanol–water partition coefficient (Wildman–Crippen LogP) is 4.96. The number of benzene rings is 2. The molecule has 2 aromatic carbocycles. The zero-order valence-corrected chi connectivity index (χ0v) is 21.2. The Balaban J connectivity index is 1.90. The third kappa shape index (κ3) is 5.95. The first kappa shape index (κ1) is 25.7. The van der Waals surface area contributed by atoms with Crippen LogP contribution in [0.2, 0.25) is 0 Å². The lowest BCUT2D eigenvalue weighted by atomic mass is 10.2. The van der Waals surface area contributed by atoms with E-state index in [4.69, 9.17) is 28.7 Å². The van der Waals surface area contributed by atoms with E-state index in [-0.39, 0.29) is 5.97 Å². The van der Waals surface area contributed by atoms with Crippen LogP contribution in [0.5, 0.6) is 17.2 Å². The molecule has 0 atom stereocenters. The van der Waals surface area contributed by atoms with Crippen molar-refractivity contribution in [1.82, 2.24) is 9.55 Å². The minimum Gasteiger partial charge on any atom is -0.493 e. The zero-order valence-electron chi connectivity index (χ0n) is 20.4. The van der Waals surface area contributed by atoms with Crippen molar-refractivity contribution in [2.75, 3.05) is 41.2 Å². The lowest BCUT2D eigenvalue weighted by molar-refractivity contribution is 0.0526. The molecule has 0 aliphatic rings. The number of hydrogen-bond donors (Lipinski definition) is 0. The highest BCUT2D eigenvalue weighted by Crippen LogP contribution is 2.39. The fourth-order valence-electron chi connectivity index (χ4n) is 3.61. The Bertz CT molecular complexity index is 1090. The van der Waals surface area contributed by atoms with E-state index in [9.17, 15) is 4.79 Å². The van der Waals surface area contributed by atoms with Gasteiger partial charge in [0.1, 0.15) is 0 Å². The number of aryl methyl sites for hydroxylation is 1. The van der Waals surface area contributed by atoms with Crippen molar-refractivity contribution in [3.8, 4) is 17.2 Å². The molecule has 0 fully saturated rings. The van der Waals surface area contributed by atoms with Crippen LogP contribution in [-0.2, 0) is 21.8 Å². The number of esters is 1. The molecule has 0 aliphatic heterocycles. The Morgan fingerprint density at radius 2 is 1.74 bits per heavy atom. The summed E-state index contributed by atoms with van der Waals surface area (Å²) in [6, 6.07) is 9.38. The maximum absolute atomic E-state index is 12.2. The molecule has 8 nitrogen and oxygen atoms in total. The second-order valence-corrected chi connectivity index (χ2v) is 8.29. The number of hydrogen-bond acceptors (Lipinski definition) is 8. The summed E-state index contributed by atoms with van der Waals surface area (Å²) in [6.45, 7) is 6.24. The number of carbonyl (C=O) groups is 1. The maximum atomic E-state index is 12.2. The van der Waals surface area contributed by atoms with Gasteiger partial charge in [0, 0.05) is 25.5 Å². The fourth-order valence-corrected chi connectivity index (χ4v) is 4.58. The maximum Gasteiger partial charge on any atom is 0.338 e. The smallest absolute Gasteiger partial charge is 0.338 e. The van der Waals surface area contributed by atoms with Gasteiger partial charge in [-0.25, -0.2) is 9.78 Å². The first-order chi connectivity index (χ1) is 16.6. The molecule has 9 heteroatoms. The summed E-state index contributed by atoms with van der Waals surface area (Å²) in [6.07, 6.45) is 0.858. The van der Waals surface area contributed by atoms with E-state index in [0.29, 0.717) is 48.4 Å². The minimum atomic E-state index is -0.345. The molecule has 0 saturated carbocycles. The minimum absolute atomic E-state index is 0.332. The Kier molecular flexibility index (Phi) is 9.47. The van der Waals surface area contributed by atoms with Gasteiger partial charge in [-0.15, -0.1) is 0 Å². The van der Waals surface area contributed by atoms with E-state index in [1.165, 1.54) is 0 Å². The summed E-state index contributed by atoms with van der Waals surface area (Å²) in [5.41, 5.74) is 3.24. The van der Waals surface area contributed by atoms with Gasteiger partial charge in [0.2, 0.25) is 5.75 Å². The molecule has 0 aliphatic carbocycles. The van der Waals surface area contributed by atoms with Crippen LogP contribution in [0.25, 0.3) is 11.0 Å². The van der Waals surface area contributed by atoms with Crippen LogP contribution in [0, 0.1) is 0 Å². The molecule has 0 saturated heterocycles. The number of ether oxygens (including phenoxy) is 5. The Morgan fingerprint density at radius 3 is 2.35 bits per heavy atom. The molecular formula is C25H32N2O6S. The van der Waals surface area contributed by atoms with E-state index < -0.39 is 0 Å².